The number of hydrogen-bond donors (Lipinski definition) is 4. The number of carbonyl (C=O) groups is 4. The fourth-order valence-electron chi connectivity index (χ4n) is 2.59. The van der Waals surface area contributed by atoms with E-state index < -0.39 is 11.9 Å². The zero-order valence-corrected chi connectivity index (χ0v) is 18.1. The van der Waals surface area contributed by atoms with E-state index in [0.29, 0.717) is 38.8 Å². The summed E-state index contributed by atoms with van der Waals surface area (Å²) in [6, 6.07) is 0. The lowest BCUT2D eigenvalue weighted by Gasteiger charge is -2.21. The van der Waals surface area contributed by atoms with Gasteiger partial charge in [-0.1, -0.05) is 0 Å². The third kappa shape index (κ3) is 18.3. The lowest BCUT2D eigenvalue weighted by Crippen LogP contribution is -2.36. The third-order valence-corrected chi connectivity index (χ3v) is 4.22. The molecule has 31 heavy (non-hydrogen) atoms. The summed E-state index contributed by atoms with van der Waals surface area (Å²) >= 11 is 0. The fourth-order valence-corrected chi connectivity index (χ4v) is 2.59. The summed E-state index contributed by atoms with van der Waals surface area (Å²) in [7, 11) is 0. The molecule has 180 valence electrons. The summed E-state index contributed by atoms with van der Waals surface area (Å²) in [5.41, 5.74) is 0. The minimum absolute atomic E-state index is 0.000145. The highest BCUT2D eigenvalue weighted by atomic mass is 16.5. The Balaban J connectivity index is 3.94. The van der Waals surface area contributed by atoms with Crippen LogP contribution >= 0.6 is 0 Å². The van der Waals surface area contributed by atoms with Gasteiger partial charge in [0.2, 0.25) is 5.91 Å². The number of aliphatic carboxylic acids is 1. The molecule has 0 aromatic rings. The van der Waals surface area contributed by atoms with Crippen molar-refractivity contribution in [2.75, 3.05) is 52.6 Å². The first-order chi connectivity index (χ1) is 14.9. The van der Waals surface area contributed by atoms with Crippen LogP contribution in [0.4, 0.5) is 0 Å². The van der Waals surface area contributed by atoms with Gasteiger partial charge in [-0.25, -0.2) is 0 Å². The van der Waals surface area contributed by atoms with Crippen LogP contribution in [-0.2, 0) is 28.7 Å². The lowest BCUT2D eigenvalue weighted by atomic mass is 10.2. The molecule has 0 aromatic carbocycles. The Bertz CT molecular complexity index is 529. The predicted octanol–water partition coefficient (Wildman–Crippen LogP) is -0.319. The Labute approximate surface area is 182 Å². The molecule has 0 rings (SSSR count). The molecule has 0 unspecified atom stereocenters. The highest BCUT2D eigenvalue weighted by molar-refractivity contribution is 5.76. The van der Waals surface area contributed by atoms with E-state index in [1.165, 1.54) is 4.90 Å². The first-order valence-electron chi connectivity index (χ1n) is 10.6. The smallest absolute Gasteiger partial charge is 0.305 e. The molecular weight excluding hydrogens is 412 g/mol. The number of rotatable bonds is 20. The molecule has 1 amide bonds. The van der Waals surface area contributed by atoms with E-state index in [1.54, 1.807) is 0 Å². The maximum absolute atomic E-state index is 12.3. The zero-order chi connectivity index (χ0) is 23.3. The summed E-state index contributed by atoms with van der Waals surface area (Å²) in [5, 5.41) is 29.2. The second-order valence-corrected chi connectivity index (χ2v) is 6.83. The normalized spacial score (nSPS) is 10.5. The molecule has 0 bridgehead atoms. The van der Waals surface area contributed by atoms with Crippen LogP contribution < -0.4 is 5.32 Å². The van der Waals surface area contributed by atoms with Crippen LogP contribution in [0.3, 0.4) is 0 Å². The molecular formula is C20H36N2O9. The standard InChI is InChI=1S/C20H36N2O9/c23-13-9-21-10-15-30-19(28)7-3-1-5-17(25)22(11-14-24)12-16-31-20(29)8-4-2-6-18(26)27/h21,23-24H,1-16H2,(H,26,27). The molecule has 0 radical (unpaired) electrons. The van der Waals surface area contributed by atoms with E-state index in [2.05, 4.69) is 5.32 Å². The maximum atomic E-state index is 12.3. The number of ether oxygens (including phenoxy) is 2. The van der Waals surface area contributed by atoms with Crippen molar-refractivity contribution in [3.63, 3.8) is 0 Å². The number of aliphatic hydroxyl groups is 2. The summed E-state index contributed by atoms with van der Waals surface area (Å²) in [5.74, 6) is -1.91. The highest BCUT2D eigenvalue weighted by Gasteiger charge is 2.14. The van der Waals surface area contributed by atoms with Crippen LogP contribution in [-0.4, -0.2) is 96.6 Å². The molecule has 11 heteroatoms. The first-order valence-corrected chi connectivity index (χ1v) is 10.6. The van der Waals surface area contributed by atoms with Crippen molar-refractivity contribution in [1.29, 1.82) is 0 Å². The molecule has 0 aliphatic heterocycles. The van der Waals surface area contributed by atoms with Crippen LogP contribution in [0.15, 0.2) is 0 Å². The number of esters is 2. The number of nitrogens with one attached hydrogen (secondary N) is 1. The number of carboxylic acids is 1. The van der Waals surface area contributed by atoms with Crippen LogP contribution in [0.25, 0.3) is 0 Å². The number of nitrogens with zero attached hydrogens (tertiary/aromatic N) is 1. The van der Waals surface area contributed by atoms with E-state index in [9.17, 15) is 19.2 Å². The number of hydrogen-bond acceptors (Lipinski definition) is 9. The molecule has 0 spiro atoms. The summed E-state index contributed by atoms with van der Waals surface area (Å²) < 4.78 is 10.1. The van der Waals surface area contributed by atoms with Gasteiger partial charge < -0.3 is 35.0 Å². The Morgan fingerprint density at radius 2 is 1.29 bits per heavy atom. The molecule has 0 atom stereocenters. The van der Waals surface area contributed by atoms with Gasteiger partial charge in [-0.2, -0.15) is 0 Å². The van der Waals surface area contributed by atoms with Gasteiger partial charge in [0.1, 0.15) is 13.2 Å². The zero-order valence-electron chi connectivity index (χ0n) is 18.1. The Morgan fingerprint density at radius 1 is 0.710 bits per heavy atom. The van der Waals surface area contributed by atoms with Gasteiger partial charge in [0.25, 0.3) is 0 Å². The van der Waals surface area contributed by atoms with E-state index in [1.807, 2.05) is 0 Å². The molecule has 0 fully saturated rings. The van der Waals surface area contributed by atoms with Gasteiger partial charge in [-0.3, -0.25) is 19.2 Å². The van der Waals surface area contributed by atoms with Crippen molar-refractivity contribution in [2.45, 2.75) is 51.4 Å². The van der Waals surface area contributed by atoms with Crippen molar-refractivity contribution in [2.24, 2.45) is 0 Å². The summed E-state index contributed by atoms with van der Waals surface area (Å²) in [4.78, 5) is 47.3. The SMILES string of the molecule is O=C(O)CCCCC(=O)OCCN(CCO)C(=O)CCCCC(=O)OCCNCCO. The lowest BCUT2D eigenvalue weighted by molar-refractivity contribution is -0.146. The predicted molar refractivity (Wildman–Crippen MR) is 110 cm³/mol. The third-order valence-electron chi connectivity index (χ3n) is 4.22. The largest absolute Gasteiger partial charge is 0.481 e. The molecule has 4 N–H and O–H groups in total. The van der Waals surface area contributed by atoms with E-state index in [-0.39, 0.29) is 77.1 Å². The van der Waals surface area contributed by atoms with Crippen molar-refractivity contribution in [1.82, 2.24) is 10.2 Å². The highest BCUT2D eigenvalue weighted by Crippen LogP contribution is 2.06. The van der Waals surface area contributed by atoms with Gasteiger partial charge in [0, 0.05) is 45.3 Å². The van der Waals surface area contributed by atoms with Gasteiger partial charge in [0.15, 0.2) is 0 Å². The van der Waals surface area contributed by atoms with E-state index in [0.717, 1.165) is 0 Å². The van der Waals surface area contributed by atoms with Crippen LogP contribution in [0, 0.1) is 0 Å². The second-order valence-electron chi connectivity index (χ2n) is 6.83. The second kappa shape index (κ2) is 19.7. The number of carboxylic acid groups (broad SMARTS) is 1. The number of carbonyl (C=O) groups excluding carboxylic acids is 3. The summed E-state index contributed by atoms with van der Waals surface area (Å²) in [6.45, 7) is 1.21. The maximum Gasteiger partial charge on any atom is 0.305 e. The molecule has 0 aromatic heterocycles. The Kier molecular flexibility index (Phi) is 18.3. The molecule has 0 saturated carbocycles. The minimum atomic E-state index is -0.907. The monoisotopic (exact) mass is 448 g/mol. The molecule has 0 saturated heterocycles. The van der Waals surface area contributed by atoms with Crippen molar-refractivity contribution in [3.8, 4) is 0 Å². The number of aliphatic hydroxyl groups excluding tert-OH is 2. The van der Waals surface area contributed by atoms with Gasteiger partial charge >= 0.3 is 17.9 Å². The van der Waals surface area contributed by atoms with Crippen molar-refractivity contribution < 1.29 is 44.0 Å². The Morgan fingerprint density at radius 3 is 1.87 bits per heavy atom. The van der Waals surface area contributed by atoms with Crippen LogP contribution in [0.1, 0.15) is 51.4 Å². The van der Waals surface area contributed by atoms with Crippen LogP contribution in [0.2, 0.25) is 0 Å². The number of amides is 1. The van der Waals surface area contributed by atoms with Crippen LogP contribution in [0.5, 0.6) is 0 Å². The van der Waals surface area contributed by atoms with Gasteiger partial charge in [-0.05, 0) is 25.7 Å². The summed E-state index contributed by atoms with van der Waals surface area (Å²) in [6.07, 6.45) is 2.33. The van der Waals surface area contributed by atoms with Gasteiger partial charge in [0.05, 0.1) is 19.8 Å². The molecule has 11 nitrogen and oxygen atoms in total. The topological polar surface area (TPSA) is 163 Å². The Hall–Kier alpha value is -2.24. The van der Waals surface area contributed by atoms with E-state index in [4.69, 9.17) is 24.8 Å². The van der Waals surface area contributed by atoms with Gasteiger partial charge in [-0.15, -0.1) is 0 Å². The average molecular weight is 449 g/mol. The molecule has 0 aliphatic carbocycles. The fraction of sp³-hybridized carbons (Fsp3) is 0.800. The molecule has 0 heterocycles. The quantitative estimate of drug-likeness (QED) is 0.143. The minimum Gasteiger partial charge on any atom is -0.481 e. The molecule has 0 aliphatic rings. The first kappa shape index (κ1) is 28.8. The average Bonchev–Trinajstić information content (AvgIpc) is 2.73. The van der Waals surface area contributed by atoms with Crippen molar-refractivity contribution >= 4 is 23.8 Å². The van der Waals surface area contributed by atoms with Crippen molar-refractivity contribution in [3.05, 3.63) is 0 Å². The van der Waals surface area contributed by atoms with E-state index >= 15 is 0 Å². The number of unbranched alkanes of at least 4 members (excludes halogenated alkanes) is 2.